The SMILES string of the molecule is Cc1ccsc1C(O)C(O)CS. The molecule has 2 N–H and O–H groups in total. The zero-order valence-corrected chi connectivity index (χ0v) is 8.48. The molecule has 0 radical (unpaired) electrons. The van der Waals surface area contributed by atoms with Crippen LogP contribution in [0.3, 0.4) is 0 Å². The number of thiophene rings is 1. The molecule has 2 unspecified atom stereocenters. The average molecular weight is 204 g/mol. The molecule has 0 fully saturated rings. The topological polar surface area (TPSA) is 40.5 Å². The third-order valence-corrected chi connectivity index (χ3v) is 3.19. The molecule has 1 aromatic heterocycles. The van der Waals surface area contributed by atoms with Crippen LogP contribution in [0.2, 0.25) is 0 Å². The Morgan fingerprint density at radius 3 is 2.67 bits per heavy atom. The van der Waals surface area contributed by atoms with Gasteiger partial charge in [-0.3, -0.25) is 0 Å². The summed E-state index contributed by atoms with van der Waals surface area (Å²) >= 11 is 5.37. The summed E-state index contributed by atoms with van der Waals surface area (Å²) in [5.41, 5.74) is 1.02. The molecule has 0 spiro atoms. The fraction of sp³-hybridized carbons (Fsp3) is 0.500. The maximum atomic E-state index is 9.57. The minimum atomic E-state index is -0.789. The zero-order valence-electron chi connectivity index (χ0n) is 6.77. The van der Waals surface area contributed by atoms with Gasteiger partial charge in [-0.05, 0) is 23.9 Å². The van der Waals surface area contributed by atoms with Gasteiger partial charge in [-0.2, -0.15) is 12.6 Å². The highest BCUT2D eigenvalue weighted by molar-refractivity contribution is 7.80. The van der Waals surface area contributed by atoms with E-state index in [1.807, 2.05) is 18.4 Å². The number of hydrogen-bond donors (Lipinski definition) is 3. The first kappa shape index (κ1) is 10.1. The van der Waals surface area contributed by atoms with E-state index in [2.05, 4.69) is 12.6 Å². The Bertz CT molecular complexity index is 247. The molecule has 1 aromatic rings. The Morgan fingerprint density at radius 1 is 1.58 bits per heavy atom. The first-order valence-corrected chi connectivity index (χ1v) is 5.19. The van der Waals surface area contributed by atoms with Crippen molar-refractivity contribution < 1.29 is 10.2 Å². The lowest BCUT2D eigenvalue weighted by Gasteiger charge is -2.14. The molecule has 0 aliphatic carbocycles. The smallest absolute Gasteiger partial charge is 0.115 e. The summed E-state index contributed by atoms with van der Waals surface area (Å²) in [6, 6.07) is 1.93. The van der Waals surface area contributed by atoms with E-state index in [0.717, 1.165) is 10.4 Å². The zero-order chi connectivity index (χ0) is 9.14. The molecule has 4 heteroatoms. The monoisotopic (exact) mass is 204 g/mol. The molecule has 0 aliphatic heterocycles. The van der Waals surface area contributed by atoms with Crippen LogP contribution in [0.4, 0.5) is 0 Å². The summed E-state index contributed by atoms with van der Waals surface area (Å²) in [6.45, 7) is 1.92. The van der Waals surface area contributed by atoms with Crippen LogP contribution in [-0.4, -0.2) is 22.1 Å². The third kappa shape index (κ3) is 2.01. The maximum Gasteiger partial charge on any atom is 0.115 e. The predicted molar refractivity (Wildman–Crippen MR) is 53.9 cm³/mol. The maximum absolute atomic E-state index is 9.57. The summed E-state index contributed by atoms with van der Waals surface area (Å²) in [6.07, 6.45) is -1.56. The van der Waals surface area contributed by atoms with Crippen molar-refractivity contribution in [1.82, 2.24) is 0 Å². The minimum absolute atomic E-state index is 0.276. The van der Waals surface area contributed by atoms with E-state index in [-0.39, 0.29) is 5.75 Å². The van der Waals surface area contributed by atoms with Gasteiger partial charge in [-0.25, -0.2) is 0 Å². The summed E-state index contributed by atoms with van der Waals surface area (Å²) in [5, 5.41) is 20.8. The Balaban J connectivity index is 2.77. The first-order valence-electron chi connectivity index (χ1n) is 3.67. The van der Waals surface area contributed by atoms with Gasteiger partial charge in [0.2, 0.25) is 0 Å². The molecule has 0 aromatic carbocycles. The molecule has 1 rings (SSSR count). The second-order valence-electron chi connectivity index (χ2n) is 2.66. The van der Waals surface area contributed by atoms with E-state index in [0.29, 0.717) is 0 Å². The highest BCUT2D eigenvalue weighted by atomic mass is 32.1. The van der Waals surface area contributed by atoms with Gasteiger partial charge >= 0.3 is 0 Å². The molecule has 12 heavy (non-hydrogen) atoms. The average Bonchev–Trinajstić information content (AvgIpc) is 2.48. The fourth-order valence-corrected chi connectivity index (χ4v) is 2.13. The number of thiol groups is 1. The van der Waals surface area contributed by atoms with Crippen molar-refractivity contribution in [1.29, 1.82) is 0 Å². The number of aliphatic hydroxyl groups excluding tert-OH is 2. The van der Waals surface area contributed by atoms with Crippen LogP contribution in [-0.2, 0) is 0 Å². The van der Waals surface area contributed by atoms with Crippen molar-refractivity contribution in [2.24, 2.45) is 0 Å². The molecule has 0 saturated carbocycles. The lowest BCUT2D eigenvalue weighted by Crippen LogP contribution is -2.19. The van der Waals surface area contributed by atoms with Gasteiger partial charge in [0.25, 0.3) is 0 Å². The molecule has 1 heterocycles. The van der Waals surface area contributed by atoms with Crippen LogP contribution < -0.4 is 0 Å². The second kappa shape index (κ2) is 4.28. The fourth-order valence-electron chi connectivity index (χ4n) is 0.962. The lowest BCUT2D eigenvalue weighted by molar-refractivity contribution is 0.0357. The van der Waals surface area contributed by atoms with Crippen molar-refractivity contribution in [3.8, 4) is 0 Å². The van der Waals surface area contributed by atoms with Gasteiger partial charge < -0.3 is 10.2 Å². The molecule has 0 bridgehead atoms. The third-order valence-electron chi connectivity index (χ3n) is 1.72. The molecule has 0 aliphatic rings. The van der Waals surface area contributed by atoms with Gasteiger partial charge in [-0.15, -0.1) is 11.3 Å². The van der Waals surface area contributed by atoms with E-state index in [9.17, 15) is 10.2 Å². The quantitative estimate of drug-likeness (QED) is 0.651. The number of rotatable bonds is 3. The van der Waals surface area contributed by atoms with E-state index in [1.165, 1.54) is 11.3 Å². The molecule has 68 valence electrons. The number of aliphatic hydroxyl groups is 2. The van der Waals surface area contributed by atoms with Gasteiger partial charge in [0.15, 0.2) is 0 Å². The van der Waals surface area contributed by atoms with Crippen molar-refractivity contribution >= 4 is 24.0 Å². The summed E-state index contributed by atoms with van der Waals surface area (Å²) < 4.78 is 0. The standard InChI is InChI=1S/C8H12O2S2/c1-5-2-3-12-8(5)7(10)6(9)4-11/h2-3,6-7,9-11H,4H2,1H3. The van der Waals surface area contributed by atoms with E-state index in [1.54, 1.807) is 0 Å². The first-order chi connectivity index (χ1) is 5.66. The lowest BCUT2D eigenvalue weighted by atomic mass is 10.1. The molecule has 0 saturated heterocycles. The van der Waals surface area contributed by atoms with E-state index >= 15 is 0 Å². The van der Waals surface area contributed by atoms with Gasteiger partial charge in [0, 0.05) is 10.6 Å². The normalized spacial score (nSPS) is 16.0. The van der Waals surface area contributed by atoms with Crippen LogP contribution >= 0.6 is 24.0 Å². The summed E-state index contributed by atoms with van der Waals surface area (Å²) in [4.78, 5) is 0.830. The van der Waals surface area contributed by atoms with Gasteiger partial charge in [-0.1, -0.05) is 0 Å². The van der Waals surface area contributed by atoms with Gasteiger partial charge in [0.1, 0.15) is 6.10 Å². The van der Waals surface area contributed by atoms with Crippen LogP contribution in [0.1, 0.15) is 16.5 Å². The van der Waals surface area contributed by atoms with Crippen molar-refractivity contribution in [2.75, 3.05) is 5.75 Å². The Hall–Kier alpha value is -0.0300. The number of aryl methyl sites for hydroxylation is 1. The molecule has 2 nitrogen and oxygen atoms in total. The number of hydrogen-bond acceptors (Lipinski definition) is 4. The molecular weight excluding hydrogens is 192 g/mol. The predicted octanol–water partition coefficient (Wildman–Crippen LogP) is 1.38. The van der Waals surface area contributed by atoms with E-state index in [4.69, 9.17) is 0 Å². The molecule has 2 atom stereocenters. The van der Waals surface area contributed by atoms with Crippen molar-refractivity contribution in [3.05, 3.63) is 21.9 Å². The largest absolute Gasteiger partial charge is 0.389 e. The summed E-state index contributed by atoms with van der Waals surface area (Å²) in [7, 11) is 0. The van der Waals surface area contributed by atoms with Crippen LogP contribution in [0, 0.1) is 6.92 Å². The summed E-state index contributed by atoms with van der Waals surface area (Å²) in [5.74, 6) is 0.276. The van der Waals surface area contributed by atoms with Crippen LogP contribution in [0.5, 0.6) is 0 Å². The minimum Gasteiger partial charge on any atom is -0.389 e. The van der Waals surface area contributed by atoms with E-state index < -0.39 is 12.2 Å². The molecular formula is C8H12O2S2. The van der Waals surface area contributed by atoms with Gasteiger partial charge in [0.05, 0.1) is 6.10 Å². The highest BCUT2D eigenvalue weighted by Gasteiger charge is 2.19. The van der Waals surface area contributed by atoms with Crippen LogP contribution in [0.25, 0.3) is 0 Å². The van der Waals surface area contributed by atoms with Crippen molar-refractivity contribution in [3.63, 3.8) is 0 Å². The Labute approximate surface area is 81.3 Å². The van der Waals surface area contributed by atoms with Crippen LogP contribution in [0.15, 0.2) is 11.4 Å². The Kier molecular flexibility index (Phi) is 3.58. The highest BCUT2D eigenvalue weighted by Crippen LogP contribution is 2.26. The second-order valence-corrected chi connectivity index (χ2v) is 3.98. The Morgan fingerprint density at radius 2 is 2.25 bits per heavy atom. The van der Waals surface area contributed by atoms with Crippen molar-refractivity contribution in [2.45, 2.75) is 19.1 Å². The molecule has 0 amide bonds.